The van der Waals surface area contributed by atoms with Crippen LogP contribution in [0.25, 0.3) is 11.5 Å². The number of nitrogens with one attached hydrogen (secondary N) is 1. The van der Waals surface area contributed by atoms with Gasteiger partial charge < -0.3 is 14.6 Å². The summed E-state index contributed by atoms with van der Waals surface area (Å²) in [6.45, 7) is 5.65. The van der Waals surface area contributed by atoms with Gasteiger partial charge in [-0.05, 0) is 18.4 Å². The highest BCUT2D eigenvalue weighted by molar-refractivity contribution is 7.08. The van der Waals surface area contributed by atoms with Gasteiger partial charge >= 0.3 is 0 Å². The SMILES string of the molecule is CCNC(=O)CN1CCN(C(=O)CCc2nnc(-c3ccsc3)o2)CC1. The van der Waals surface area contributed by atoms with Crippen molar-refractivity contribution >= 4 is 23.2 Å². The van der Waals surface area contributed by atoms with Gasteiger partial charge in [-0.3, -0.25) is 14.5 Å². The molecule has 0 unspecified atom stereocenters. The van der Waals surface area contributed by atoms with Gasteiger partial charge in [0.05, 0.1) is 6.54 Å². The summed E-state index contributed by atoms with van der Waals surface area (Å²) in [6, 6.07) is 1.92. The van der Waals surface area contributed by atoms with Gasteiger partial charge in [-0.1, -0.05) is 0 Å². The lowest BCUT2D eigenvalue weighted by molar-refractivity contribution is -0.133. The molecule has 1 aliphatic rings. The Morgan fingerprint density at radius 2 is 2.08 bits per heavy atom. The number of likely N-dealkylation sites (N-methyl/N-ethyl adjacent to an activating group) is 1. The third kappa shape index (κ3) is 4.89. The summed E-state index contributed by atoms with van der Waals surface area (Å²) < 4.78 is 5.61. The first kappa shape index (κ1) is 18.5. The van der Waals surface area contributed by atoms with Crippen LogP contribution in [0.1, 0.15) is 19.2 Å². The topological polar surface area (TPSA) is 91.6 Å². The maximum absolute atomic E-state index is 12.4. The van der Waals surface area contributed by atoms with Crippen molar-refractivity contribution in [3.63, 3.8) is 0 Å². The number of carbonyl (C=O) groups excluding carboxylic acids is 2. The Morgan fingerprint density at radius 1 is 1.27 bits per heavy atom. The Labute approximate surface area is 156 Å². The predicted molar refractivity (Wildman–Crippen MR) is 97.6 cm³/mol. The number of thiophene rings is 1. The van der Waals surface area contributed by atoms with Gasteiger partial charge in [0.25, 0.3) is 0 Å². The molecule has 2 amide bonds. The zero-order chi connectivity index (χ0) is 18.4. The molecule has 0 spiro atoms. The van der Waals surface area contributed by atoms with E-state index < -0.39 is 0 Å². The molecule has 1 fully saturated rings. The predicted octanol–water partition coefficient (Wildman–Crippen LogP) is 1.01. The number of amides is 2. The molecule has 140 valence electrons. The van der Waals surface area contributed by atoms with Gasteiger partial charge in [0.2, 0.25) is 23.6 Å². The summed E-state index contributed by atoms with van der Waals surface area (Å²) in [5.74, 6) is 1.09. The van der Waals surface area contributed by atoms with E-state index in [0.29, 0.717) is 63.9 Å². The van der Waals surface area contributed by atoms with E-state index in [1.807, 2.05) is 28.7 Å². The van der Waals surface area contributed by atoms with Crippen molar-refractivity contribution < 1.29 is 14.0 Å². The van der Waals surface area contributed by atoms with Crippen molar-refractivity contribution in [1.82, 2.24) is 25.3 Å². The van der Waals surface area contributed by atoms with Crippen LogP contribution in [0.4, 0.5) is 0 Å². The largest absolute Gasteiger partial charge is 0.421 e. The molecule has 0 saturated carbocycles. The van der Waals surface area contributed by atoms with E-state index in [1.54, 1.807) is 11.3 Å². The lowest BCUT2D eigenvalue weighted by Crippen LogP contribution is -2.51. The van der Waals surface area contributed by atoms with Crippen LogP contribution in [-0.2, 0) is 16.0 Å². The average Bonchev–Trinajstić information content (AvgIpc) is 3.32. The fraction of sp³-hybridized carbons (Fsp3) is 0.529. The molecule has 1 N–H and O–H groups in total. The fourth-order valence-electron chi connectivity index (χ4n) is 2.84. The smallest absolute Gasteiger partial charge is 0.248 e. The number of hydrogen-bond donors (Lipinski definition) is 1. The van der Waals surface area contributed by atoms with E-state index in [4.69, 9.17) is 4.42 Å². The Morgan fingerprint density at radius 3 is 2.77 bits per heavy atom. The molecule has 0 bridgehead atoms. The molecular weight excluding hydrogens is 354 g/mol. The third-order valence-electron chi connectivity index (χ3n) is 4.25. The molecule has 0 atom stereocenters. The van der Waals surface area contributed by atoms with Crippen LogP contribution in [0, 0.1) is 0 Å². The van der Waals surface area contributed by atoms with Crippen molar-refractivity contribution in [3.8, 4) is 11.5 Å². The van der Waals surface area contributed by atoms with Crippen LogP contribution in [-0.4, -0.2) is 71.1 Å². The highest BCUT2D eigenvalue weighted by Crippen LogP contribution is 2.20. The van der Waals surface area contributed by atoms with Gasteiger partial charge in [0.15, 0.2) is 0 Å². The number of piperazine rings is 1. The van der Waals surface area contributed by atoms with Crippen molar-refractivity contribution in [2.45, 2.75) is 19.8 Å². The Kier molecular flexibility index (Phi) is 6.35. The average molecular weight is 377 g/mol. The first-order chi connectivity index (χ1) is 12.7. The van der Waals surface area contributed by atoms with E-state index in [1.165, 1.54) is 0 Å². The second-order valence-electron chi connectivity index (χ2n) is 6.12. The van der Waals surface area contributed by atoms with E-state index in [-0.39, 0.29) is 11.8 Å². The molecule has 3 heterocycles. The van der Waals surface area contributed by atoms with Crippen LogP contribution in [0.15, 0.2) is 21.2 Å². The number of nitrogens with zero attached hydrogens (tertiary/aromatic N) is 4. The molecule has 1 aliphatic heterocycles. The van der Waals surface area contributed by atoms with Crippen LogP contribution in [0.5, 0.6) is 0 Å². The van der Waals surface area contributed by atoms with E-state index in [2.05, 4.69) is 20.4 Å². The Bertz CT molecular complexity index is 723. The van der Waals surface area contributed by atoms with Gasteiger partial charge in [0, 0.05) is 56.5 Å². The molecule has 0 aromatic carbocycles. The first-order valence-electron chi connectivity index (χ1n) is 8.77. The van der Waals surface area contributed by atoms with Crippen molar-refractivity contribution in [3.05, 3.63) is 22.7 Å². The van der Waals surface area contributed by atoms with Gasteiger partial charge in [-0.25, -0.2) is 0 Å². The number of carbonyl (C=O) groups is 2. The molecule has 0 aliphatic carbocycles. The minimum absolute atomic E-state index is 0.0325. The Hall–Kier alpha value is -2.26. The molecular formula is C17H23N5O3S. The second-order valence-corrected chi connectivity index (χ2v) is 6.90. The molecule has 8 nitrogen and oxygen atoms in total. The highest BCUT2D eigenvalue weighted by Gasteiger charge is 2.22. The van der Waals surface area contributed by atoms with Gasteiger partial charge in [-0.2, -0.15) is 11.3 Å². The Balaban J connectivity index is 1.41. The normalized spacial score (nSPS) is 15.2. The van der Waals surface area contributed by atoms with E-state index in [9.17, 15) is 9.59 Å². The minimum Gasteiger partial charge on any atom is -0.421 e. The lowest BCUT2D eigenvalue weighted by Gasteiger charge is -2.34. The summed E-state index contributed by atoms with van der Waals surface area (Å²) in [4.78, 5) is 27.9. The second kappa shape index (κ2) is 8.91. The molecule has 3 rings (SSSR count). The standard InChI is InChI=1S/C17H23N5O3S/c1-2-18-14(23)11-21-6-8-22(9-7-21)16(24)4-3-15-19-20-17(25-15)13-5-10-26-12-13/h5,10,12H,2-4,6-9,11H2,1H3,(H,18,23). The molecule has 26 heavy (non-hydrogen) atoms. The van der Waals surface area contributed by atoms with E-state index in [0.717, 1.165) is 5.56 Å². The van der Waals surface area contributed by atoms with Gasteiger partial charge in [-0.15, -0.1) is 10.2 Å². The third-order valence-corrected chi connectivity index (χ3v) is 4.94. The fourth-order valence-corrected chi connectivity index (χ4v) is 3.47. The van der Waals surface area contributed by atoms with Crippen molar-refractivity contribution in [1.29, 1.82) is 0 Å². The number of hydrogen-bond acceptors (Lipinski definition) is 7. The zero-order valence-corrected chi connectivity index (χ0v) is 15.6. The number of aryl methyl sites for hydroxylation is 1. The molecule has 9 heteroatoms. The van der Waals surface area contributed by atoms with Crippen LogP contribution in [0.2, 0.25) is 0 Å². The maximum atomic E-state index is 12.4. The van der Waals surface area contributed by atoms with Crippen LogP contribution >= 0.6 is 11.3 Å². The van der Waals surface area contributed by atoms with Gasteiger partial charge in [0.1, 0.15) is 0 Å². The van der Waals surface area contributed by atoms with Crippen molar-refractivity contribution in [2.75, 3.05) is 39.3 Å². The summed E-state index contributed by atoms with van der Waals surface area (Å²) in [6.07, 6.45) is 0.788. The molecule has 1 saturated heterocycles. The maximum Gasteiger partial charge on any atom is 0.248 e. The lowest BCUT2D eigenvalue weighted by atomic mass is 10.2. The van der Waals surface area contributed by atoms with Crippen LogP contribution in [0.3, 0.4) is 0 Å². The number of rotatable bonds is 7. The first-order valence-corrected chi connectivity index (χ1v) is 9.71. The summed E-state index contributed by atoms with van der Waals surface area (Å²) >= 11 is 1.57. The molecule has 2 aromatic heterocycles. The number of aromatic nitrogens is 2. The summed E-state index contributed by atoms with van der Waals surface area (Å²) in [7, 11) is 0. The highest BCUT2D eigenvalue weighted by atomic mass is 32.1. The van der Waals surface area contributed by atoms with Crippen LogP contribution < -0.4 is 5.32 Å². The minimum atomic E-state index is 0.0325. The summed E-state index contributed by atoms with van der Waals surface area (Å²) in [5.41, 5.74) is 0.906. The molecule has 2 aromatic rings. The zero-order valence-electron chi connectivity index (χ0n) is 14.8. The van der Waals surface area contributed by atoms with Crippen molar-refractivity contribution in [2.24, 2.45) is 0 Å². The monoisotopic (exact) mass is 377 g/mol. The molecule has 0 radical (unpaired) electrons. The quantitative estimate of drug-likeness (QED) is 0.774. The summed E-state index contributed by atoms with van der Waals surface area (Å²) in [5, 5.41) is 14.7. The van der Waals surface area contributed by atoms with E-state index >= 15 is 0 Å².